The van der Waals surface area contributed by atoms with Crippen molar-refractivity contribution >= 4 is 32.7 Å². The molecule has 0 saturated carbocycles. The van der Waals surface area contributed by atoms with Crippen molar-refractivity contribution in [3.05, 3.63) is 41.0 Å². The number of sulfonamides is 1. The summed E-state index contributed by atoms with van der Waals surface area (Å²) in [7, 11) is -3.66. The molecule has 2 rings (SSSR count). The van der Waals surface area contributed by atoms with E-state index in [1.54, 1.807) is 6.07 Å². The molecule has 7 heteroatoms. The zero-order valence-electron chi connectivity index (χ0n) is 9.48. The second-order valence-electron chi connectivity index (χ2n) is 3.71. The van der Waals surface area contributed by atoms with E-state index in [0.717, 1.165) is 22.3 Å². The van der Waals surface area contributed by atoms with Crippen molar-refractivity contribution in [1.29, 1.82) is 0 Å². The molecule has 18 heavy (non-hydrogen) atoms. The predicted octanol–water partition coefficient (Wildman–Crippen LogP) is 2.58. The lowest BCUT2D eigenvalue weighted by Gasteiger charge is -2.06. The van der Waals surface area contributed by atoms with Gasteiger partial charge >= 0.3 is 0 Å². The SMILES string of the molecule is Cc1ccc(S(=O)(=O)Nc2ccc(N)c(F)c2)s1. The molecular weight excluding hydrogens is 275 g/mol. The van der Waals surface area contributed by atoms with Crippen LogP contribution >= 0.6 is 11.3 Å². The number of thiophene rings is 1. The summed E-state index contributed by atoms with van der Waals surface area (Å²) in [5.41, 5.74) is 5.44. The number of hydrogen-bond donors (Lipinski definition) is 2. The van der Waals surface area contributed by atoms with Crippen molar-refractivity contribution < 1.29 is 12.8 Å². The van der Waals surface area contributed by atoms with Crippen LogP contribution in [0.4, 0.5) is 15.8 Å². The van der Waals surface area contributed by atoms with Gasteiger partial charge in [0, 0.05) is 10.9 Å². The summed E-state index contributed by atoms with van der Waals surface area (Å²) in [5, 5.41) is 0. The highest BCUT2D eigenvalue weighted by Crippen LogP contribution is 2.24. The normalized spacial score (nSPS) is 11.4. The summed E-state index contributed by atoms with van der Waals surface area (Å²) in [5.74, 6) is -0.655. The van der Waals surface area contributed by atoms with E-state index < -0.39 is 15.8 Å². The van der Waals surface area contributed by atoms with Crippen LogP contribution in [0.25, 0.3) is 0 Å². The first-order chi connectivity index (χ1) is 8.38. The number of aryl methyl sites for hydroxylation is 1. The molecule has 0 unspecified atom stereocenters. The van der Waals surface area contributed by atoms with Gasteiger partial charge in [0.1, 0.15) is 10.0 Å². The van der Waals surface area contributed by atoms with Gasteiger partial charge in [-0.3, -0.25) is 4.72 Å². The molecule has 0 amide bonds. The van der Waals surface area contributed by atoms with Gasteiger partial charge in [0.2, 0.25) is 0 Å². The molecule has 0 saturated heterocycles. The first-order valence-corrected chi connectivity index (χ1v) is 7.33. The average Bonchev–Trinajstić information content (AvgIpc) is 2.71. The monoisotopic (exact) mass is 286 g/mol. The molecule has 0 atom stereocenters. The Morgan fingerprint density at radius 2 is 2.00 bits per heavy atom. The van der Waals surface area contributed by atoms with Gasteiger partial charge in [-0.25, -0.2) is 12.8 Å². The molecule has 0 aliphatic rings. The molecular formula is C11H11FN2O2S2. The fourth-order valence-electron chi connectivity index (χ4n) is 1.35. The van der Waals surface area contributed by atoms with E-state index in [2.05, 4.69) is 4.72 Å². The van der Waals surface area contributed by atoms with Gasteiger partial charge in [0.25, 0.3) is 10.0 Å². The Morgan fingerprint density at radius 3 is 2.56 bits per heavy atom. The quantitative estimate of drug-likeness (QED) is 0.852. The Balaban J connectivity index is 2.30. The van der Waals surface area contributed by atoms with E-state index in [-0.39, 0.29) is 15.6 Å². The number of benzene rings is 1. The van der Waals surface area contributed by atoms with Crippen molar-refractivity contribution in [2.75, 3.05) is 10.5 Å². The topological polar surface area (TPSA) is 72.2 Å². The average molecular weight is 286 g/mol. The molecule has 0 aliphatic carbocycles. The first kappa shape index (κ1) is 12.8. The Bertz CT molecular complexity index is 680. The van der Waals surface area contributed by atoms with Gasteiger partial charge in [0.15, 0.2) is 0 Å². The van der Waals surface area contributed by atoms with Gasteiger partial charge in [0.05, 0.1) is 11.4 Å². The number of hydrogen-bond acceptors (Lipinski definition) is 4. The minimum Gasteiger partial charge on any atom is -0.396 e. The highest BCUT2D eigenvalue weighted by atomic mass is 32.2. The summed E-state index contributed by atoms with van der Waals surface area (Å²) >= 11 is 1.15. The Morgan fingerprint density at radius 1 is 1.28 bits per heavy atom. The minimum absolute atomic E-state index is 0.0232. The summed E-state index contributed by atoms with van der Waals surface area (Å²) in [6.45, 7) is 1.81. The predicted molar refractivity (Wildman–Crippen MR) is 70.7 cm³/mol. The summed E-state index contributed by atoms with van der Waals surface area (Å²) in [6, 6.07) is 7.00. The molecule has 96 valence electrons. The molecule has 0 fully saturated rings. The zero-order chi connectivity index (χ0) is 13.3. The molecule has 3 N–H and O–H groups in total. The van der Waals surface area contributed by atoms with E-state index in [9.17, 15) is 12.8 Å². The standard InChI is InChI=1S/C11H11FN2O2S2/c1-7-2-5-11(17-7)18(15,16)14-8-3-4-10(13)9(12)6-8/h2-6,14H,13H2,1H3. The van der Waals surface area contributed by atoms with Crippen molar-refractivity contribution in [2.45, 2.75) is 11.1 Å². The lowest BCUT2D eigenvalue weighted by Crippen LogP contribution is -2.11. The van der Waals surface area contributed by atoms with Crippen LogP contribution in [0.5, 0.6) is 0 Å². The number of anilines is 2. The van der Waals surface area contributed by atoms with Crippen molar-refractivity contribution in [3.8, 4) is 0 Å². The molecule has 0 spiro atoms. The number of halogens is 1. The Hall–Kier alpha value is -1.60. The van der Waals surface area contributed by atoms with Gasteiger partial charge in [-0.2, -0.15) is 0 Å². The first-order valence-electron chi connectivity index (χ1n) is 5.03. The second kappa shape index (κ2) is 4.58. The molecule has 1 aromatic heterocycles. The molecule has 0 radical (unpaired) electrons. The summed E-state index contributed by atoms with van der Waals surface area (Å²) in [6.07, 6.45) is 0. The zero-order valence-corrected chi connectivity index (χ0v) is 11.1. The fourth-order valence-corrected chi connectivity index (χ4v) is 3.69. The largest absolute Gasteiger partial charge is 0.396 e. The van der Waals surface area contributed by atoms with Gasteiger partial charge < -0.3 is 5.73 Å². The third-order valence-electron chi connectivity index (χ3n) is 2.23. The van der Waals surface area contributed by atoms with Crippen molar-refractivity contribution in [2.24, 2.45) is 0 Å². The van der Waals surface area contributed by atoms with E-state index in [1.807, 2.05) is 6.92 Å². The lowest BCUT2D eigenvalue weighted by atomic mass is 10.3. The van der Waals surface area contributed by atoms with Gasteiger partial charge in [-0.15, -0.1) is 11.3 Å². The second-order valence-corrected chi connectivity index (χ2v) is 6.90. The van der Waals surface area contributed by atoms with Crippen molar-refractivity contribution in [3.63, 3.8) is 0 Å². The summed E-state index contributed by atoms with van der Waals surface area (Å²) in [4.78, 5) is 0.888. The van der Waals surface area contributed by atoms with E-state index >= 15 is 0 Å². The fraction of sp³-hybridized carbons (Fsp3) is 0.0909. The maximum Gasteiger partial charge on any atom is 0.271 e. The van der Waals surface area contributed by atoms with Crippen LogP contribution in [0.15, 0.2) is 34.5 Å². The van der Waals surface area contributed by atoms with Gasteiger partial charge in [-0.1, -0.05) is 0 Å². The maximum atomic E-state index is 13.2. The number of nitrogen functional groups attached to an aromatic ring is 1. The molecule has 2 aromatic rings. The smallest absolute Gasteiger partial charge is 0.271 e. The van der Waals surface area contributed by atoms with E-state index in [1.165, 1.54) is 18.2 Å². The van der Waals surface area contributed by atoms with Crippen LogP contribution in [-0.2, 0) is 10.0 Å². The van der Waals surface area contributed by atoms with Crippen LogP contribution in [0, 0.1) is 12.7 Å². The van der Waals surface area contributed by atoms with Crippen LogP contribution in [0.3, 0.4) is 0 Å². The molecule has 0 bridgehead atoms. The van der Waals surface area contributed by atoms with E-state index in [0.29, 0.717) is 0 Å². The van der Waals surface area contributed by atoms with Gasteiger partial charge in [-0.05, 0) is 31.2 Å². The third kappa shape index (κ3) is 2.62. The molecule has 1 aromatic carbocycles. The van der Waals surface area contributed by atoms with Crippen LogP contribution in [0.2, 0.25) is 0 Å². The highest BCUT2D eigenvalue weighted by Gasteiger charge is 2.16. The summed E-state index contributed by atoms with van der Waals surface area (Å²) < 4.78 is 39.6. The molecule has 4 nitrogen and oxygen atoms in total. The van der Waals surface area contributed by atoms with E-state index in [4.69, 9.17) is 5.73 Å². The van der Waals surface area contributed by atoms with Crippen LogP contribution < -0.4 is 10.5 Å². The molecule has 1 heterocycles. The molecule has 0 aliphatic heterocycles. The Kier molecular flexibility index (Phi) is 3.27. The lowest BCUT2D eigenvalue weighted by molar-refractivity contribution is 0.603. The number of nitrogens with two attached hydrogens (primary N) is 1. The van der Waals surface area contributed by atoms with Crippen LogP contribution in [0.1, 0.15) is 4.88 Å². The highest BCUT2D eigenvalue weighted by molar-refractivity contribution is 7.94. The minimum atomic E-state index is -3.66. The number of rotatable bonds is 3. The number of nitrogens with one attached hydrogen (secondary N) is 1. The van der Waals surface area contributed by atoms with Crippen LogP contribution in [-0.4, -0.2) is 8.42 Å². The third-order valence-corrected chi connectivity index (χ3v) is 5.11. The van der Waals surface area contributed by atoms with Crippen molar-refractivity contribution in [1.82, 2.24) is 0 Å². The Labute approximate surface area is 108 Å². The maximum absolute atomic E-state index is 13.2.